The van der Waals surface area contributed by atoms with E-state index < -0.39 is 0 Å². The third-order valence-electron chi connectivity index (χ3n) is 9.26. The second kappa shape index (κ2) is 5.50. The van der Waals surface area contributed by atoms with E-state index in [4.69, 9.17) is 0 Å². The van der Waals surface area contributed by atoms with Crippen LogP contribution in [0.25, 0.3) is 0 Å². The van der Waals surface area contributed by atoms with Gasteiger partial charge in [-0.2, -0.15) is 0 Å². The van der Waals surface area contributed by atoms with Gasteiger partial charge in [-0.05, 0) is 98.2 Å². The molecule has 1 heteroatoms. The van der Waals surface area contributed by atoms with Crippen LogP contribution in [0.1, 0.15) is 84.5 Å². The molecule has 0 heterocycles. The Morgan fingerprint density at radius 2 is 1.64 bits per heavy atom. The molecule has 22 heavy (non-hydrogen) atoms. The van der Waals surface area contributed by atoms with Gasteiger partial charge in [-0.3, -0.25) is 0 Å². The second-order valence-electron chi connectivity index (χ2n) is 9.73. The van der Waals surface area contributed by atoms with Crippen molar-refractivity contribution >= 4 is 0 Å². The van der Waals surface area contributed by atoms with Crippen molar-refractivity contribution in [2.75, 3.05) is 6.61 Å². The van der Waals surface area contributed by atoms with Gasteiger partial charge in [0.1, 0.15) is 0 Å². The van der Waals surface area contributed by atoms with Gasteiger partial charge >= 0.3 is 0 Å². The predicted molar refractivity (Wildman–Crippen MR) is 91.5 cm³/mol. The van der Waals surface area contributed by atoms with Gasteiger partial charge in [0.05, 0.1) is 0 Å². The Bertz CT molecular complexity index is 418. The van der Waals surface area contributed by atoms with Gasteiger partial charge in [0.25, 0.3) is 0 Å². The Morgan fingerprint density at radius 1 is 0.818 bits per heavy atom. The Morgan fingerprint density at radius 3 is 2.45 bits per heavy atom. The molecule has 126 valence electrons. The number of aliphatic hydroxyl groups is 1. The summed E-state index contributed by atoms with van der Waals surface area (Å²) in [5.41, 5.74) is 1.24. The van der Waals surface area contributed by atoms with Crippen molar-refractivity contribution < 1.29 is 5.11 Å². The molecule has 0 spiro atoms. The number of fused-ring (bicyclic) bond motifs is 5. The number of hydrogen-bond acceptors (Lipinski definition) is 1. The fourth-order valence-corrected chi connectivity index (χ4v) is 8.03. The van der Waals surface area contributed by atoms with Gasteiger partial charge in [-0.15, -0.1) is 0 Å². The molecule has 4 saturated carbocycles. The van der Waals surface area contributed by atoms with Gasteiger partial charge in [0, 0.05) is 6.61 Å². The molecule has 1 nitrogen and oxygen atoms in total. The van der Waals surface area contributed by atoms with Gasteiger partial charge in [0.15, 0.2) is 0 Å². The molecule has 0 amide bonds. The summed E-state index contributed by atoms with van der Waals surface area (Å²) in [4.78, 5) is 0. The maximum Gasteiger partial charge on any atom is 0.0433 e. The first-order valence-corrected chi connectivity index (χ1v) is 10.2. The van der Waals surface area contributed by atoms with Crippen LogP contribution < -0.4 is 0 Å². The first kappa shape index (κ1) is 15.5. The Hall–Kier alpha value is -0.0400. The zero-order valence-electron chi connectivity index (χ0n) is 14.8. The summed E-state index contributed by atoms with van der Waals surface area (Å²) in [5, 5.41) is 9.46. The average molecular weight is 305 g/mol. The molecule has 4 fully saturated rings. The molecule has 7 atom stereocenters. The standard InChI is InChI=1S/C21H36O/c1-20-12-4-3-5-15(20)6-8-17-18-9-7-16(11-14-22)21(18,2)13-10-19(17)20/h15-19,22H,3-14H2,1-2H3/t15?,16-,17-,18+,19+,20+,21-/m1/s1. The van der Waals surface area contributed by atoms with Gasteiger partial charge in [-0.25, -0.2) is 0 Å². The van der Waals surface area contributed by atoms with Crippen molar-refractivity contribution in [1.82, 2.24) is 0 Å². The van der Waals surface area contributed by atoms with E-state index in [0.29, 0.717) is 17.4 Å². The smallest absolute Gasteiger partial charge is 0.0433 e. The summed E-state index contributed by atoms with van der Waals surface area (Å²) in [6.07, 6.45) is 15.9. The third-order valence-corrected chi connectivity index (χ3v) is 9.26. The molecular weight excluding hydrogens is 268 g/mol. The molecule has 0 saturated heterocycles. The highest BCUT2D eigenvalue weighted by Crippen LogP contribution is 2.67. The molecule has 4 aliphatic rings. The van der Waals surface area contributed by atoms with Crippen LogP contribution in [-0.2, 0) is 0 Å². The maximum absolute atomic E-state index is 9.46. The van der Waals surface area contributed by atoms with Crippen LogP contribution >= 0.6 is 0 Å². The SMILES string of the molecule is C[C@]12CC[C@H]3[C@H](CCC4CCCC[C@@]43C)[C@@H]1CC[C@@H]2CCO. The highest BCUT2D eigenvalue weighted by molar-refractivity contribution is 5.08. The van der Waals surface area contributed by atoms with Crippen molar-refractivity contribution in [3.63, 3.8) is 0 Å². The molecule has 0 radical (unpaired) electrons. The molecular formula is C21H36O. The highest BCUT2D eigenvalue weighted by atomic mass is 16.3. The lowest BCUT2D eigenvalue weighted by Crippen LogP contribution is -2.52. The summed E-state index contributed by atoms with van der Waals surface area (Å²) in [7, 11) is 0. The van der Waals surface area contributed by atoms with Gasteiger partial charge in [-0.1, -0.05) is 26.7 Å². The van der Waals surface area contributed by atoms with Crippen molar-refractivity contribution in [3.05, 3.63) is 0 Å². The molecule has 0 aromatic rings. The van der Waals surface area contributed by atoms with Crippen LogP contribution in [0.2, 0.25) is 0 Å². The summed E-state index contributed by atoms with van der Waals surface area (Å²) < 4.78 is 0. The van der Waals surface area contributed by atoms with Crippen LogP contribution in [-0.4, -0.2) is 11.7 Å². The lowest BCUT2D eigenvalue weighted by Gasteiger charge is -2.60. The summed E-state index contributed by atoms with van der Waals surface area (Å²) >= 11 is 0. The van der Waals surface area contributed by atoms with Crippen LogP contribution in [0.5, 0.6) is 0 Å². The normalized spacial score (nSPS) is 54.4. The molecule has 4 aliphatic carbocycles. The minimum Gasteiger partial charge on any atom is -0.396 e. The molecule has 0 aromatic heterocycles. The molecule has 1 unspecified atom stereocenters. The quantitative estimate of drug-likeness (QED) is 0.722. The van der Waals surface area contributed by atoms with E-state index in [9.17, 15) is 5.11 Å². The Balaban J connectivity index is 1.59. The van der Waals surface area contributed by atoms with E-state index in [1.807, 2.05) is 0 Å². The van der Waals surface area contributed by atoms with Gasteiger partial charge in [0.2, 0.25) is 0 Å². The van der Waals surface area contributed by atoms with E-state index in [-0.39, 0.29) is 0 Å². The van der Waals surface area contributed by atoms with Crippen molar-refractivity contribution in [2.45, 2.75) is 84.5 Å². The van der Waals surface area contributed by atoms with Crippen LogP contribution in [0.15, 0.2) is 0 Å². The minimum atomic E-state index is 0.404. The highest BCUT2D eigenvalue weighted by Gasteiger charge is 2.59. The fourth-order valence-electron chi connectivity index (χ4n) is 8.03. The minimum absolute atomic E-state index is 0.404. The van der Waals surface area contributed by atoms with E-state index in [1.54, 1.807) is 0 Å². The number of hydrogen-bond donors (Lipinski definition) is 1. The monoisotopic (exact) mass is 304 g/mol. The zero-order chi connectivity index (χ0) is 15.4. The number of rotatable bonds is 2. The van der Waals surface area contributed by atoms with E-state index in [0.717, 1.165) is 36.0 Å². The van der Waals surface area contributed by atoms with E-state index >= 15 is 0 Å². The third kappa shape index (κ3) is 2.06. The fraction of sp³-hybridized carbons (Fsp3) is 1.00. The van der Waals surface area contributed by atoms with E-state index in [2.05, 4.69) is 13.8 Å². The van der Waals surface area contributed by atoms with Crippen LogP contribution in [0.3, 0.4) is 0 Å². The lowest BCUT2D eigenvalue weighted by atomic mass is 9.45. The summed E-state index contributed by atoms with van der Waals surface area (Å²) in [6.45, 7) is 5.67. The summed E-state index contributed by atoms with van der Waals surface area (Å²) in [5.74, 6) is 4.86. The van der Waals surface area contributed by atoms with Crippen LogP contribution in [0.4, 0.5) is 0 Å². The average Bonchev–Trinajstić information content (AvgIpc) is 2.84. The first-order valence-electron chi connectivity index (χ1n) is 10.2. The lowest BCUT2D eigenvalue weighted by molar-refractivity contribution is -0.111. The maximum atomic E-state index is 9.46. The molecule has 4 rings (SSSR count). The van der Waals surface area contributed by atoms with Crippen molar-refractivity contribution in [2.24, 2.45) is 40.4 Å². The molecule has 0 aliphatic heterocycles. The predicted octanol–water partition coefficient (Wildman–Crippen LogP) is 5.42. The topological polar surface area (TPSA) is 20.2 Å². The zero-order valence-corrected chi connectivity index (χ0v) is 14.8. The van der Waals surface area contributed by atoms with Crippen molar-refractivity contribution in [1.29, 1.82) is 0 Å². The second-order valence-corrected chi connectivity index (χ2v) is 9.73. The van der Waals surface area contributed by atoms with Crippen LogP contribution in [0, 0.1) is 40.4 Å². The molecule has 0 bridgehead atoms. The number of aliphatic hydroxyl groups excluding tert-OH is 1. The van der Waals surface area contributed by atoms with E-state index in [1.165, 1.54) is 64.2 Å². The Kier molecular flexibility index (Phi) is 3.87. The largest absolute Gasteiger partial charge is 0.396 e. The van der Waals surface area contributed by atoms with Crippen molar-refractivity contribution in [3.8, 4) is 0 Å². The Labute approximate surface area is 137 Å². The molecule has 1 N–H and O–H groups in total. The molecule has 0 aromatic carbocycles. The van der Waals surface area contributed by atoms with Gasteiger partial charge < -0.3 is 5.11 Å². The summed E-state index contributed by atoms with van der Waals surface area (Å²) in [6, 6.07) is 0. The first-order chi connectivity index (χ1) is 10.6.